The summed E-state index contributed by atoms with van der Waals surface area (Å²) >= 11 is 0. The van der Waals surface area contributed by atoms with Crippen molar-refractivity contribution in [1.82, 2.24) is 0 Å². The monoisotopic (exact) mass is 959 g/mol. The molecule has 0 heterocycles. The smallest absolute Gasteiger partial charge is 3.00 e. The summed E-state index contributed by atoms with van der Waals surface area (Å²) in [4.78, 5) is 0. The van der Waals surface area contributed by atoms with Crippen LogP contribution in [0.1, 0.15) is 0 Å². The van der Waals surface area contributed by atoms with Gasteiger partial charge in [0.25, 0.3) is 0 Å². The minimum atomic E-state index is 0. The number of hydrogen-bond donors (Lipinski definition) is 0. The molecule has 0 aromatic heterocycles. The molecular weight excluding hydrogens is 960 g/mol. The maximum atomic E-state index is 0. The molecule has 4 radical (unpaired) electrons. The van der Waals surface area contributed by atoms with Gasteiger partial charge in [-0.15, -0.1) is 0 Å². The zero-order valence-electron chi connectivity index (χ0n) is 5.03. The molecule has 0 saturated heterocycles. The Balaban J connectivity index is 0. The predicted molar refractivity (Wildman–Crippen MR) is 22.5 cm³/mol. The van der Waals surface area contributed by atoms with Crippen LogP contribution >= 0.6 is 0 Å². The van der Waals surface area contributed by atoms with E-state index in [2.05, 4.69) is 0 Å². The summed E-state index contributed by atoms with van der Waals surface area (Å²) in [5, 5.41) is 0. The molecule has 0 aromatic carbocycles. The Kier molecular flexibility index (Phi) is 3030. The molecule has 12 heavy (non-hydrogen) atoms. The van der Waals surface area contributed by atoms with Crippen molar-refractivity contribution in [2.24, 2.45) is 0 Å². The minimum absolute atomic E-state index is 0. The second-order valence-electron chi connectivity index (χ2n) is 0. The largest absolute Gasteiger partial charge is 5.00 e. The van der Waals surface area contributed by atoms with E-state index in [4.69, 9.17) is 0 Å². The van der Waals surface area contributed by atoms with Gasteiger partial charge in [0.2, 0.25) is 0 Å². The molecule has 0 unspecified atom stereocenters. The normalized spacial score (nSPS) is 0. The van der Waals surface area contributed by atoms with Crippen molar-refractivity contribution in [2.45, 2.75) is 0 Å². The predicted octanol–water partition coefficient (Wildman–Crippen LogP) is 1.05. The summed E-state index contributed by atoms with van der Waals surface area (Å²) in [6, 6.07) is 0. The van der Waals surface area contributed by atoms with E-state index in [1.807, 2.05) is 0 Å². The maximum absolute atomic E-state index is 0. The second kappa shape index (κ2) is 173. The van der Waals surface area contributed by atoms with Crippen LogP contribution in [0.25, 0.3) is 30.8 Å². The van der Waals surface area contributed by atoms with Crippen LogP contribution < -0.4 is 0 Å². The second-order valence-corrected chi connectivity index (χ2v) is 0. The summed E-state index contributed by atoms with van der Waals surface area (Å²) in [6.07, 6.45) is 0. The molecule has 0 bridgehead atoms. The van der Waals surface area contributed by atoms with Crippen molar-refractivity contribution < 1.29 is 128 Å². The standard InChI is InChI=1S/5N.3Pd.Si.3Ta/q5*-3;;;;;3*+5. The minimum Gasteiger partial charge on any atom is -3.00 e. The average Bonchev–Trinajstić information content (AvgIpc) is 0. The van der Waals surface area contributed by atoms with Crippen LogP contribution in [0.5, 0.6) is 0 Å². The third-order valence-corrected chi connectivity index (χ3v) is 0. The molecule has 5 nitrogen and oxygen atoms in total. The summed E-state index contributed by atoms with van der Waals surface area (Å²) in [6.45, 7) is 0. The Hall–Kier alpha value is 4.22. The fraction of sp³-hybridized carbons (Fsp3) is 0. The van der Waals surface area contributed by atoms with Gasteiger partial charge in [0.05, 0.1) is 0 Å². The summed E-state index contributed by atoms with van der Waals surface area (Å²) in [5.41, 5.74) is 0. The van der Waals surface area contributed by atoms with Gasteiger partial charge in [0.1, 0.15) is 0 Å². The molecule has 0 spiro atoms. The van der Waals surface area contributed by atoms with Crippen LogP contribution in [0, 0.1) is 0 Å². The fourth-order valence-electron chi connectivity index (χ4n) is 0. The molecule has 0 aliphatic heterocycles. The molecule has 12 heteroatoms. The number of nitrogens with zero attached hydrogens (tertiary/aromatic N) is 5. The first-order chi connectivity index (χ1) is 0. The summed E-state index contributed by atoms with van der Waals surface area (Å²) < 4.78 is 0. The van der Waals surface area contributed by atoms with Gasteiger partial charge in [-0.3, -0.25) is 0 Å². The Morgan fingerprint density at radius 2 is 0.333 bits per heavy atom. The molecule has 0 N–H and O–H groups in total. The SMILES string of the molecule is [N-3].[N-3].[N-3].[N-3].[N-3].[Pd].[Pd].[Pd].[Si].[Ta+5].[Ta+5].[Ta+5]. The van der Waals surface area contributed by atoms with Crippen LogP contribution in [0.3, 0.4) is 0 Å². The van der Waals surface area contributed by atoms with E-state index >= 15 is 0 Å². The van der Waals surface area contributed by atoms with E-state index in [1.165, 1.54) is 0 Å². The van der Waals surface area contributed by atoms with Crippen molar-refractivity contribution in [3.63, 3.8) is 0 Å². The average molecular weight is 960 g/mol. The van der Waals surface area contributed by atoms with Gasteiger partial charge < -0.3 is 30.8 Å². The molecular formula is N5Pd3SiTa3. The first kappa shape index (κ1) is 211. The van der Waals surface area contributed by atoms with Gasteiger partial charge >= 0.3 is 67.1 Å². The quantitative estimate of drug-likeness (QED) is 0.319. The van der Waals surface area contributed by atoms with Gasteiger partial charge in [0.15, 0.2) is 0 Å². The van der Waals surface area contributed by atoms with Gasteiger partial charge in [-0.25, -0.2) is 0 Å². The molecule has 0 fully saturated rings. The fourth-order valence-corrected chi connectivity index (χ4v) is 0. The van der Waals surface area contributed by atoms with Crippen molar-refractivity contribution in [2.75, 3.05) is 0 Å². The molecule has 74 valence electrons. The Bertz CT molecular complexity index is 21.9. The van der Waals surface area contributed by atoms with E-state index in [9.17, 15) is 0 Å². The van der Waals surface area contributed by atoms with Crippen LogP contribution in [-0.2, 0) is 128 Å². The maximum Gasteiger partial charge on any atom is 5.00 e. The number of rotatable bonds is 0. The third kappa shape index (κ3) is 139. The zero-order chi connectivity index (χ0) is 0. The van der Waals surface area contributed by atoms with E-state index in [1.54, 1.807) is 0 Å². The molecule has 0 aliphatic rings. The van der Waals surface area contributed by atoms with Crippen LogP contribution in [0.4, 0.5) is 0 Å². The van der Waals surface area contributed by atoms with E-state index in [0.717, 1.165) is 0 Å². The first-order valence-electron chi connectivity index (χ1n) is 0. The molecule has 0 aliphatic carbocycles. The van der Waals surface area contributed by atoms with Crippen molar-refractivity contribution in [3.05, 3.63) is 30.8 Å². The Morgan fingerprint density at radius 1 is 0.333 bits per heavy atom. The van der Waals surface area contributed by atoms with Crippen LogP contribution in [0.2, 0.25) is 0 Å². The van der Waals surface area contributed by atoms with Gasteiger partial charge in [-0.2, -0.15) is 0 Å². The zero-order valence-corrected chi connectivity index (χ0v) is 20.3. The van der Waals surface area contributed by atoms with Crippen molar-refractivity contribution >= 4 is 11.0 Å². The van der Waals surface area contributed by atoms with Crippen LogP contribution in [-0.4, -0.2) is 11.0 Å². The van der Waals surface area contributed by atoms with Gasteiger partial charge in [-0.1, -0.05) is 0 Å². The topological polar surface area (TPSA) is 152 Å². The molecule has 0 rings (SSSR count). The first-order valence-corrected chi connectivity index (χ1v) is 0. The molecule has 0 atom stereocenters. The van der Waals surface area contributed by atoms with Crippen molar-refractivity contribution in [3.8, 4) is 0 Å². The summed E-state index contributed by atoms with van der Waals surface area (Å²) in [5.74, 6) is 0. The molecule has 0 amide bonds. The summed E-state index contributed by atoms with van der Waals surface area (Å²) in [7, 11) is 0. The van der Waals surface area contributed by atoms with E-state index in [0.29, 0.717) is 0 Å². The molecule has 0 aromatic rings. The number of hydrogen-bond acceptors (Lipinski definition) is 0. The third-order valence-electron chi connectivity index (χ3n) is 0. The van der Waals surface area contributed by atoms with Gasteiger partial charge in [0, 0.05) is 72.2 Å². The van der Waals surface area contributed by atoms with Crippen LogP contribution in [0.15, 0.2) is 0 Å². The van der Waals surface area contributed by atoms with E-state index < -0.39 is 0 Å². The van der Waals surface area contributed by atoms with Gasteiger partial charge in [-0.05, 0) is 0 Å². The molecule has 0 saturated carbocycles. The van der Waals surface area contributed by atoms with Crippen molar-refractivity contribution in [1.29, 1.82) is 0 Å². The van der Waals surface area contributed by atoms with E-state index in [-0.39, 0.29) is 170 Å². The Morgan fingerprint density at radius 3 is 0.333 bits per heavy atom. The Labute approximate surface area is 167 Å².